The van der Waals surface area contributed by atoms with Crippen LogP contribution in [-0.4, -0.2) is 41.2 Å². The molecule has 140 valence electrons. The van der Waals surface area contributed by atoms with E-state index in [0.717, 1.165) is 55.2 Å². The highest BCUT2D eigenvalue weighted by Crippen LogP contribution is 2.19. The third kappa shape index (κ3) is 9.77. The minimum Gasteiger partial charge on any atom is -0.381 e. The summed E-state index contributed by atoms with van der Waals surface area (Å²) >= 11 is 1.15. The fraction of sp³-hybridized carbons (Fsp3) is 0.643. The van der Waals surface area contributed by atoms with Crippen LogP contribution in [0.1, 0.15) is 31.1 Å². The van der Waals surface area contributed by atoms with Gasteiger partial charge in [-0.25, -0.2) is 13.6 Å². The van der Waals surface area contributed by atoms with Gasteiger partial charge in [0.1, 0.15) is 4.21 Å². The fourth-order valence-electron chi connectivity index (χ4n) is 1.73. The molecule has 1 heterocycles. The molecule has 4 N–H and O–H groups in total. The molecule has 0 saturated heterocycles. The summed E-state index contributed by atoms with van der Waals surface area (Å²) in [6.45, 7) is 4.94. The Kier molecular flexibility index (Phi) is 12.6. The Hall–Kier alpha value is -0.430. The van der Waals surface area contributed by atoms with E-state index >= 15 is 0 Å². The first kappa shape index (κ1) is 23.6. The van der Waals surface area contributed by atoms with Crippen molar-refractivity contribution in [3.63, 3.8) is 0 Å². The lowest BCUT2D eigenvalue weighted by molar-refractivity contribution is 0.129. The topological polar surface area (TPSA) is 106 Å². The quantitative estimate of drug-likeness (QED) is 0.201. The van der Waals surface area contributed by atoms with E-state index in [1.54, 1.807) is 13.1 Å². The zero-order valence-electron chi connectivity index (χ0n) is 14.1. The lowest BCUT2D eigenvalue weighted by atomic mass is 10.4. The summed E-state index contributed by atoms with van der Waals surface area (Å²) in [5, 5.41) is 11.4. The van der Waals surface area contributed by atoms with Crippen LogP contribution in [0, 0.1) is 0 Å². The van der Waals surface area contributed by atoms with Gasteiger partial charge in [-0.05, 0) is 25.0 Å². The van der Waals surface area contributed by atoms with Crippen molar-refractivity contribution >= 4 is 51.3 Å². The van der Waals surface area contributed by atoms with E-state index in [2.05, 4.69) is 22.5 Å². The smallest absolute Gasteiger partial charge is 0.247 e. The maximum atomic E-state index is 11.2. The third-order valence-corrected chi connectivity index (χ3v) is 5.49. The number of halogens is 1. The fourth-order valence-corrected chi connectivity index (χ4v) is 3.45. The molecule has 0 aromatic carbocycles. The average Bonchev–Trinajstić information content (AvgIpc) is 2.98. The number of rotatable bonds is 10. The molecule has 0 bridgehead atoms. The standard InChI is InChI=1S/C14H26N4O3S2.HI/c1-3-4-9-21-10-5-8-17-14(16-2)18-11-12-6-7-13(22-12)23(15,19)20;/h6-7H,3-5,8-11H2,1-2H3,(H2,15,19,20)(H2,16,17,18);1H. The number of sulfonamides is 1. The number of ether oxygens (including phenoxy) is 1. The first-order chi connectivity index (χ1) is 11.0. The van der Waals surface area contributed by atoms with Crippen LogP contribution < -0.4 is 15.8 Å². The molecule has 0 aliphatic heterocycles. The van der Waals surface area contributed by atoms with Crippen molar-refractivity contribution in [3.05, 3.63) is 17.0 Å². The van der Waals surface area contributed by atoms with Gasteiger partial charge in [0, 0.05) is 31.7 Å². The number of hydrogen-bond donors (Lipinski definition) is 3. The molecule has 0 unspecified atom stereocenters. The van der Waals surface area contributed by atoms with Gasteiger partial charge in [0.2, 0.25) is 10.0 Å². The van der Waals surface area contributed by atoms with E-state index in [9.17, 15) is 8.42 Å². The second kappa shape index (κ2) is 12.9. The Morgan fingerprint density at radius 2 is 2.00 bits per heavy atom. The second-order valence-corrected chi connectivity index (χ2v) is 7.89. The van der Waals surface area contributed by atoms with Crippen molar-refractivity contribution in [1.82, 2.24) is 10.6 Å². The Labute approximate surface area is 165 Å². The molecule has 0 atom stereocenters. The molecule has 0 spiro atoms. The van der Waals surface area contributed by atoms with E-state index in [1.807, 2.05) is 0 Å². The van der Waals surface area contributed by atoms with Crippen LogP contribution in [0.15, 0.2) is 21.3 Å². The van der Waals surface area contributed by atoms with Gasteiger partial charge in [0.05, 0.1) is 6.54 Å². The minimum absolute atomic E-state index is 0. The van der Waals surface area contributed by atoms with Gasteiger partial charge in [0.15, 0.2) is 5.96 Å². The number of nitrogens with two attached hydrogens (primary N) is 1. The number of primary sulfonamides is 1. The van der Waals surface area contributed by atoms with E-state index in [-0.39, 0.29) is 28.2 Å². The molecule has 1 aromatic rings. The maximum absolute atomic E-state index is 11.2. The zero-order chi connectivity index (χ0) is 17.1. The monoisotopic (exact) mass is 490 g/mol. The number of guanidine groups is 1. The molecule has 0 radical (unpaired) electrons. The summed E-state index contributed by atoms with van der Waals surface area (Å²) in [5.41, 5.74) is 0. The molecule has 0 fully saturated rings. The van der Waals surface area contributed by atoms with Crippen LogP contribution in [-0.2, 0) is 21.3 Å². The van der Waals surface area contributed by atoms with E-state index < -0.39 is 10.0 Å². The van der Waals surface area contributed by atoms with Crippen molar-refractivity contribution in [2.45, 2.75) is 36.9 Å². The summed E-state index contributed by atoms with van der Waals surface area (Å²) in [5.74, 6) is 0.670. The molecule has 24 heavy (non-hydrogen) atoms. The molecule has 7 nitrogen and oxygen atoms in total. The van der Waals surface area contributed by atoms with Gasteiger partial charge < -0.3 is 15.4 Å². The first-order valence-electron chi connectivity index (χ1n) is 7.61. The van der Waals surface area contributed by atoms with Crippen molar-refractivity contribution in [3.8, 4) is 0 Å². The van der Waals surface area contributed by atoms with Crippen LogP contribution >= 0.6 is 35.3 Å². The second-order valence-electron chi connectivity index (χ2n) is 4.94. The first-order valence-corrected chi connectivity index (χ1v) is 9.97. The largest absolute Gasteiger partial charge is 0.381 e. The van der Waals surface area contributed by atoms with Crippen molar-refractivity contribution in [2.75, 3.05) is 26.8 Å². The SMILES string of the molecule is CCCCOCCCNC(=NC)NCc1ccc(S(N)(=O)=O)s1.I. The maximum Gasteiger partial charge on any atom is 0.247 e. The van der Waals surface area contributed by atoms with Gasteiger partial charge in [-0.2, -0.15) is 0 Å². The highest BCUT2D eigenvalue weighted by atomic mass is 127. The van der Waals surface area contributed by atoms with Gasteiger partial charge in [0.25, 0.3) is 0 Å². The van der Waals surface area contributed by atoms with Crippen molar-refractivity contribution in [2.24, 2.45) is 10.1 Å². The average molecular weight is 490 g/mol. The zero-order valence-corrected chi connectivity index (χ0v) is 18.0. The Morgan fingerprint density at radius 3 is 2.58 bits per heavy atom. The van der Waals surface area contributed by atoms with Gasteiger partial charge in [-0.1, -0.05) is 13.3 Å². The normalized spacial score (nSPS) is 11.9. The molecular weight excluding hydrogens is 463 g/mol. The van der Waals surface area contributed by atoms with Gasteiger partial charge in [-0.3, -0.25) is 4.99 Å². The van der Waals surface area contributed by atoms with E-state index in [0.29, 0.717) is 12.5 Å². The van der Waals surface area contributed by atoms with Crippen LogP contribution in [0.25, 0.3) is 0 Å². The summed E-state index contributed by atoms with van der Waals surface area (Å²) in [6, 6.07) is 3.26. The summed E-state index contributed by atoms with van der Waals surface area (Å²) in [6.07, 6.45) is 3.14. The number of unbranched alkanes of at least 4 members (excludes halogenated alkanes) is 1. The van der Waals surface area contributed by atoms with Crippen molar-refractivity contribution in [1.29, 1.82) is 0 Å². The lowest BCUT2D eigenvalue weighted by Gasteiger charge is -2.11. The lowest BCUT2D eigenvalue weighted by Crippen LogP contribution is -2.37. The van der Waals surface area contributed by atoms with Gasteiger partial charge >= 0.3 is 0 Å². The molecule has 1 rings (SSSR count). The highest BCUT2D eigenvalue weighted by molar-refractivity contribution is 14.0. The van der Waals surface area contributed by atoms with Crippen LogP contribution in [0.3, 0.4) is 0 Å². The van der Waals surface area contributed by atoms with E-state index in [1.165, 1.54) is 6.07 Å². The third-order valence-electron chi connectivity index (χ3n) is 2.97. The molecular formula is C14H27IN4O3S2. The number of thiophene rings is 1. The summed E-state index contributed by atoms with van der Waals surface area (Å²) < 4.78 is 28.1. The Balaban J connectivity index is 0.00000529. The Bertz CT molecular complexity index is 591. The molecule has 0 aliphatic carbocycles. The molecule has 10 heteroatoms. The van der Waals surface area contributed by atoms with Crippen molar-refractivity contribution < 1.29 is 13.2 Å². The molecule has 1 aromatic heterocycles. The summed E-state index contributed by atoms with van der Waals surface area (Å²) in [7, 11) is -1.93. The van der Waals surface area contributed by atoms with E-state index in [4.69, 9.17) is 9.88 Å². The Morgan fingerprint density at radius 1 is 1.29 bits per heavy atom. The highest BCUT2D eigenvalue weighted by Gasteiger charge is 2.11. The molecule has 0 amide bonds. The van der Waals surface area contributed by atoms with Crippen LogP contribution in [0.5, 0.6) is 0 Å². The van der Waals surface area contributed by atoms with Gasteiger partial charge in [-0.15, -0.1) is 35.3 Å². The minimum atomic E-state index is -3.62. The predicted molar refractivity (Wildman–Crippen MR) is 110 cm³/mol. The van der Waals surface area contributed by atoms with Crippen LogP contribution in [0.4, 0.5) is 0 Å². The summed E-state index contributed by atoms with van der Waals surface area (Å²) in [4.78, 5) is 5.00. The van der Waals surface area contributed by atoms with Crippen LogP contribution in [0.2, 0.25) is 0 Å². The predicted octanol–water partition coefficient (Wildman–Crippen LogP) is 1.89. The molecule has 0 saturated carbocycles. The number of nitrogens with zero attached hydrogens (tertiary/aromatic N) is 1. The number of hydrogen-bond acceptors (Lipinski definition) is 5. The molecule has 0 aliphatic rings. The number of aliphatic imine (C=N–C) groups is 1. The number of nitrogens with one attached hydrogen (secondary N) is 2.